The van der Waals surface area contributed by atoms with Crippen LogP contribution in [0.25, 0.3) is 0 Å². The SMILES string of the molecule is CCN.FC(F)F. The van der Waals surface area contributed by atoms with Crippen LogP contribution in [0.15, 0.2) is 0 Å². The minimum atomic E-state index is -3.67. The van der Waals surface area contributed by atoms with Gasteiger partial charge in [0.05, 0.1) is 0 Å². The fourth-order valence-corrected chi connectivity index (χ4v) is 0. The Labute approximate surface area is 40.3 Å². The molecule has 0 amide bonds. The van der Waals surface area contributed by atoms with Gasteiger partial charge in [-0.25, -0.2) is 0 Å². The van der Waals surface area contributed by atoms with Gasteiger partial charge in [0, 0.05) is 0 Å². The van der Waals surface area contributed by atoms with Crippen LogP contribution in [0.2, 0.25) is 0 Å². The van der Waals surface area contributed by atoms with Crippen LogP contribution in [-0.2, 0) is 0 Å². The van der Waals surface area contributed by atoms with Crippen molar-refractivity contribution in [3.8, 4) is 0 Å². The van der Waals surface area contributed by atoms with E-state index in [1.165, 1.54) is 0 Å². The lowest BCUT2D eigenvalue weighted by Gasteiger charge is -1.65. The molecule has 46 valence electrons. The van der Waals surface area contributed by atoms with Crippen LogP contribution in [0.4, 0.5) is 13.2 Å². The quantitative estimate of drug-likeness (QED) is 0.503. The van der Waals surface area contributed by atoms with Gasteiger partial charge in [-0.2, -0.15) is 13.2 Å². The Kier molecular flexibility index (Phi) is 13.0. The van der Waals surface area contributed by atoms with E-state index in [4.69, 9.17) is 5.73 Å². The molecule has 0 radical (unpaired) electrons. The van der Waals surface area contributed by atoms with Crippen LogP contribution in [-0.4, -0.2) is 13.2 Å². The Bertz CT molecular complexity index is 21.4. The van der Waals surface area contributed by atoms with E-state index in [9.17, 15) is 13.2 Å². The Hall–Kier alpha value is -0.250. The maximum Gasteiger partial charge on any atom is 0.379 e. The molecule has 1 nitrogen and oxygen atoms in total. The summed E-state index contributed by atoms with van der Waals surface area (Å²) >= 11 is 0. The molecule has 0 fully saturated rings. The monoisotopic (exact) mass is 115 g/mol. The Morgan fingerprint density at radius 1 is 1.43 bits per heavy atom. The lowest BCUT2D eigenvalue weighted by molar-refractivity contribution is 0.00819. The van der Waals surface area contributed by atoms with Gasteiger partial charge in [-0.3, -0.25) is 0 Å². The number of halogens is 3. The smallest absolute Gasteiger partial charge is 0.331 e. The first-order chi connectivity index (χ1) is 3.15. The normalized spacial score (nSPS) is 7.71. The molecule has 0 aromatic carbocycles. The fourth-order valence-electron chi connectivity index (χ4n) is 0. The molecule has 0 bridgehead atoms. The molecule has 0 aliphatic rings. The van der Waals surface area contributed by atoms with E-state index in [0.717, 1.165) is 6.54 Å². The average Bonchev–Trinajstić information content (AvgIpc) is 1.33. The van der Waals surface area contributed by atoms with Crippen molar-refractivity contribution < 1.29 is 13.2 Å². The van der Waals surface area contributed by atoms with E-state index in [1.54, 1.807) is 0 Å². The summed E-state index contributed by atoms with van der Waals surface area (Å²) in [6.45, 7) is -1.01. The molecule has 0 saturated carbocycles. The van der Waals surface area contributed by atoms with Crippen molar-refractivity contribution in [2.24, 2.45) is 5.73 Å². The molecule has 0 atom stereocenters. The number of hydrogen-bond acceptors (Lipinski definition) is 1. The highest BCUT2D eigenvalue weighted by atomic mass is 19.4. The summed E-state index contributed by atoms with van der Waals surface area (Å²) in [4.78, 5) is 0. The Morgan fingerprint density at radius 3 is 1.43 bits per heavy atom. The highest BCUT2D eigenvalue weighted by Gasteiger charge is 1.86. The summed E-state index contributed by atoms with van der Waals surface area (Å²) in [7, 11) is 0. The van der Waals surface area contributed by atoms with Crippen LogP contribution in [0.5, 0.6) is 0 Å². The molecule has 0 unspecified atom stereocenters. The number of rotatable bonds is 0. The zero-order valence-electron chi connectivity index (χ0n) is 4.00. The van der Waals surface area contributed by atoms with Crippen LogP contribution in [0.3, 0.4) is 0 Å². The van der Waals surface area contributed by atoms with Gasteiger partial charge in [0.25, 0.3) is 0 Å². The van der Waals surface area contributed by atoms with Gasteiger partial charge in [-0.05, 0) is 6.54 Å². The van der Waals surface area contributed by atoms with Crippen molar-refractivity contribution in [3.05, 3.63) is 0 Å². The molecule has 0 saturated heterocycles. The standard InChI is InChI=1S/C2H7N.CHF3/c1-2-3;2-1(3)4/h2-3H2,1H3;1H. The van der Waals surface area contributed by atoms with Gasteiger partial charge in [-0.15, -0.1) is 0 Å². The average molecular weight is 115 g/mol. The summed E-state index contributed by atoms with van der Waals surface area (Å²) < 4.78 is 29.0. The van der Waals surface area contributed by atoms with Crippen LogP contribution in [0.1, 0.15) is 6.92 Å². The second-order valence-corrected chi connectivity index (χ2v) is 0.656. The zero-order chi connectivity index (χ0) is 6.28. The molecule has 4 heteroatoms. The molecule has 0 heterocycles. The molecule has 0 aliphatic carbocycles. The zero-order valence-corrected chi connectivity index (χ0v) is 4.00. The summed E-state index contributed by atoms with van der Waals surface area (Å²) in [5.41, 5.74) is 4.85. The van der Waals surface area contributed by atoms with E-state index in [-0.39, 0.29) is 0 Å². The van der Waals surface area contributed by atoms with Crippen LogP contribution >= 0.6 is 0 Å². The predicted octanol–water partition coefficient (Wildman–Crippen LogP) is 1.14. The molecule has 7 heavy (non-hydrogen) atoms. The van der Waals surface area contributed by atoms with Gasteiger partial charge in [0.15, 0.2) is 0 Å². The molecular formula is C3H8F3N. The van der Waals surface area contributed by atoms with Gasteiger partial charge in [0.2, 0.25) is 0 Å². The molecule has 0 aliphatic heterocycles. The van der Waals surface area contributed by atoms with E-state index < -0.39 is 6.68 Å². The topological polar surface area (TPSA) is 26.0 Å². The van der Waals surface area contributed by atoms with Crippen LogP contribution in [0, 0.1) is 0 Å². The van der Waals surface area contributed by atoms with E-state index in [0.29, 0.717) is 0 Å². The first kappa shape index (κ1) is 9.89. The Balaban J connectivity index is 0. The van der Waals surface area contributed by atoms with Crippen molar-refractivity contribution in [1.29, 1.82) is 0 Å². The second-order valence-electron chi connectivity index (χ2n) is 0.656. The van der Waals surface area contributed by atoms with Crippen molar-refractivity contribution >= 4 is 0 Å². The van der Waals surface area contributed by atoms with Gasteiger partial charge < -0.3 is 5.73 Å². The molecular weight excluding hydrogens is 107 g/mol. The lowest BCUT2D eigenvalue weighted by Crippen LogP contribution is -1.87. The maximum atomic E-state index is 9.67. The van der Waals surface area contributed by atoms with Crippen molar-refractivity contribution in [3.63, 3.8) is 0 Å². The Morgan fingerprint density at radius 2 is 1.43 bits per heavy atom. The highest BCUT2D eigenvalue weighted by molar-refractivity contribution is 4.00. The van der Waals surface area contributed by atoms with Crippen molar-refractivity contribution in [2.75, 3.05) is 6.54 Å². The van der Waals surface area contributed by atoms with Gasteiger partial charge in [-0.1, -0.05) is 6.92 Å². The summed E-state index contributed by atoms with van der Waals surface area (Å²) in [6.07, 6.45) is 0. The van der Waals surface area contributed by atoms with E-state index in [2.05, 4.69) is 0 Å². The molecule has 0 spiro atoms. The molecule has 0 aromatic heterocycles. The second kappa shape index (κ2) is 9.23. The maximum absolute atomic E-state index is 9.67. The molecule has 0 rings (SSSR count). The minimum absolute atomic E-state index is 0.750. The predicted molar refractivity (Wildman–Crippen MR) is 21.8 cm³/mol. The number of hydrogen-bond donors (Lipinski definition) is 1. The summed E-state index contributed by atoms with van der Waals surface area (Å²) in [5.74, 6) is 0. The third-order valence-electron chi connectivity index (χ3n) is 0. The third kappa shape index (κ3) is 1290. The largest absolute Gasteiger partial charge is 0.379 e. The summed E-state index contributed by atoms with van der Waals surface area (Å²) in [5, 5.41) is 0. The van der Waals surface area contributed by atoms with E-state index in [1.807, 2.05) is 6.92 Å². The number of alkyl halides is 3. The van der Waals surface area contributed by atoms with Crippen molar-refractivity contribution in [2.45, 2.75) is 13.6 Å². The van der Waals surface area contributed by atoms with Gasteiger partial charge >= 0.3 is 6.68 Å². The highest BCUT2D eigenvalue weighted by Crippen LogP contribution is 1.87. The number of nitrogens with two attached hydrogens (primary N) is 1. The first-order valence-electron chi connectivity index (χ1n) is 1.77. The fraction of sp³-hybridized carbons (Fsp3) is 1.00. The van der Waals surface area contributed by atoms with E-state index >= 15 is 0 Å². The lowest BCUT2D eigenvalue weighted by atomic mass is 10.8. The molecule has 2 N–H and O–H groups in total. The van der Waals surface area contributed by atoms with Crippen molar-refractivity contribution in [1.82, 2.24) is 0 Å². The minimum Gasteiger partial charge on any atom is -0.331 e. The molecule has 0 aromatic rings. The first-order valence-corrected chi connectivity index (χ1v) is 1.77. The third-order valence-corrected chi connectivity index (χ3v) is 0. The van der Waals surface area contributed by atoms with Gasteiger partial charge in [0.1, 0.15) is 0 Å². The summed E-state index contributed by atoms with van der Waals surface area (Å²) in [6, 6.07) is 0. The van der Waals surface area contributed by atoms with Crippen LogP contribution < -0.4 is 5.73 Å².